The van der Waals surface area contributed by atoms with E-state index in [9.17, 15) is 0 Å². The summed E-state index contributed by atoms with van der Waals surface area (Å²) in [5, 5.41) is 0. The van der Waals surface area contributed by atoms with Gasteiger partial charge in [-0.25, -0.2) is 0 Å². The van der Waals surface area contributed by atoms with Gasteiger partial charge in [-0.1, -0.05) is 0 Å². The maximum atomic E-state index is 5.63. The predicted octanol–water partition coefficient (Wildman–Crippen LogP) is 2.82. The Hall–Kier alpha value is -1.68. The lowest BCUT2D eigenvalue weighted by molar-refractivity contribution is 0.169. The summed E-state index contributed by atoms with van der Waals surface area (Å²) < 4.78 is 16.8. The van der Waals surface area contributed by atoms with Gasteiger partial charge in [-0.15, -0.1) is 0 Å². The molecule has 22 heavy (non-hydrogen) atoms. The highest BCUT2D eigenvalue weighted by Gasteiger charge is 2.52. The molecule has 0 N–H and O–H groups in total. The van der Waals surface area contributed by atoms with Crippen LogP contribution < -0.4 is 9.47 Å². The summed E-state index contributed by atoms with van der Waals surface area (Å²) in [5.41, 5.74) is 3.02. The number of fused-ring (bicyclic) bond motifs is 3. The molecule has 4 nitrogen and oxygen atoms in total. The Morgan fingerprint density at radius 1 is 1.23 bits per heavy atom. The number of hydrogen-bond acceptors (Lipinski definition) is 4. The Morgan fingerprint density at radius 2 is 2.09 bits per heavy atom. The Kier molecular flexibility index (Phi) is 2.57. The molecule has 1 saturated heterocycles. The second-order valence-electron chi connectivity index (χ2n) is 6.81. The number of methoxy groups -OCH3 is 1. The molecule has 1 fully saturated rings. The molecule has 3 aliphatic heterocycles. The van der Waals surface area contributed by atoms with Crippen LogP contribution in [0.4, 0.5) is 0 Å². The molecule has 0 saturated carbocycles. The summed E-state index contributed by atoms with van der Waals surface area (Å²) in [6.45, 7) is 2.67. The number of nitrogens with zero attached hydrogens (tertiary/aromatic N) is 1. The summed E-state index contributed by atoms with van der Waals surface area (Å²) in [7, 11) is 1.80. The van der Waals surface area contributed by atoms with Gasteiger partial charge in [0.15, 0.2) is 11.5 Å². The molecule has 0 aromatic heterocycles. The van der Waals surface area contributed by atoms with Crippen LogP contribution in [-0.4, -0.2) is 37.4 Å². The molecule has 0 radical (unpaired) electrons. The van der Waals surface area contributed by atoms with Crippen molar-refractivity contribution in [1.29, 1.82) is 0 Å². The third-order valence-electron chi connectivity index (χ3n) is 5.94. The van der Waals surface area contributed by atoms with Crippen LogP contribution in [0.25, 0.3) is 0 Å². The molecule has 2 atom stereocenters. The normalized spacial score (nSPS) is 32.0. The van der Waals surface area contributed by atoms with Gasteiger partial charge < -0.3 is 14.2 Å². The first-order valence-corrected chi connectivity index (χ1v) is 8.23. The quantitative estimate of drug-likeness (QED) is 0.798. The molecule has 4 aliphatic rings. The summed E-state index contributed by atoms with van der Waals surface area (Å²) in [4.78, 5) is 2.68. The van der Waals surface area contributed by atoms with E-state index in [2.05, 4.69) is 23.1 Å². The van der Waals surface area contributed by atoms with E-state index in [4.69, 9.17) is 14.2 Å². The molecular weight excluding hydrogens is 278 g/mol. The summed E-state index contributed by atoms with van der Waals surface area (Å²) in [6.07, 6.45) is 7.02. The average molecular weight is 299 g/mol. The van der Waals surface area contributed by atoms with Gasteiger partial charge in [-0.3, -0.25) is 4.90 Å². The lowest BCUT2D eigenvalue weighted by atomic mass is 9.79. The predicted molar refractivity (Wildman–Crippen MR) is 82.3 cm³/mol. The Morgan fingerprint density at radius 3 is 2.95 bits per heavy atom. The van der Waals surface area contributed by atoms with Crippen LogP contribution in [0.3, 0.4) is 0 Å². The van der Waals surface area contributed by atoms with Crippen LogP contribution in [0.15, 0.2) is 24.0 Å². The Balaban J connectivity index is 1.67. The largest absolute Gasteiger partial charge is 0.501 e. The fourth-order valence-electron chi connectivity index (χ4n) is 4.93. The smallest absolute Gasteiger partial charge is 0.231 e. The van der Waals surface area contributed by atoms with Crippen molar-refractivity contribution in [2.24, 2.45) is 0 Å². The van der Waals surface area contributed by atoms with Crippen LogP contribution in [-0.2, 0) is 11.2 Å². The van der Waals surface area contributed by atoms with E-state index in [1.165, 1.54) is 30.5 Å². The minimum absolute atomic E-state index is 0.157. The molecule has 1 aliphatic carbocycles. The van der Waals surface area contributed by atoms with Crippen LogP contribution in [0, 0.1) is 0 Å². The number of hydrogen-bond donors (Lipinski definition) is 0. The van der Waals surface area contributed by atoms with E-state index in [0.717, 1.165) is 36.6 Å². The Labute approximate surface area is 130 Å². The maximum Gasteiger partial charge on any atom is 0.231 e. The first-order chi connectivity index (χ1) is 10.8. The van der Waals surface area contributed by atoms with Gasteiger partial charge >= 0.3 is 0 Å². The Bertz CT molecular complexity index is 669. The summed E-state index contributed by atoms with van der Waals surface area (Å²) in [5.74, 6) is 3.44. The van der Waals surface area contributed by atoms with Crippen molar-refractivity contribution in [3.05, 3.63) is 35.1 Å². The third kappa shape index (κ3) is 1.56. The maximum absolute atomic E-state index is 5.63. The van der Waals surface area contributed by atoms with Gasteiger partial charge in [0.2, 0.25) is 6.79 Å². The lowest BCUT2D eigenvalue weighted by Crippen LogP contribution is -2.44. The standard InChI is InChI=1S/C18H21NO3/c1-20-13-8-15-14-9-17-16(21-11-22-17)7-12(14)3-6-19-5-2-4-18(15,19)10-13/h7,9-10,15H,2-6,8,11H2,1H3/t15-,18-/m0/s1. The van der Waals surface area contributed by atoms with Crippen LogP contribution in [0.5, 0.6) is 11.5 Å². The fraction of sp³-hybridized carbons (Fsp3) is 0.556. The van der Waals surface area contributed by atoms with Crippen molar-refractivity contribution in [3.63, 3.8) is 0 Å². The van der Waals surface area contributed by atoms with Crippen molar-refractivity contribution < 1.29 is 14.2 Å². The minimum Gasteiger partial charge on any atom is -0.501 e. The number of ether oxygens (including phenoxy) is 3. The van der Waals surface area contributed by atoms with E-state index in [0.29, 0.717) is 12.7 Å². The van der Waals surface area contributed by atoms with Gasteiger partial charge in [0.1, 0.15) is 0 Å². The highest BCUT2D eigenvalue weighted by molar-refractivity contribution is 5.53. The molecule has 3 heterocycles. The third-order valence-corrected chi connectivity index (χ3v) is 5.94. The lowest BCUT2D eigenvalue weighted by Gasteiger charge is -2.37. The van der Waals surface area contributed by atoms with Crippen molar-refractivity contribution >= 4 is 0 Å². The van der Waals surface area contributed by atoms with Gasteiger partial charge in [0, 0.05) is 24.4 Å². The van der Waals surface area contributed by atoms with E-state index < -0.39 is 0 Å². The first-order valence-electron chi connectivity index (χ1n) is 8.23. The number of allylic oxidation sites excluding steroid dienone is 1. The van der Waals surface area contributed by atoms with Gasteiger partial charge in [-0.05, 0) is 55.1 Å². The molecule has 1 aromatic rings. The molecule has 5 rings (SSSR count). The fourth-order valence-corrected chi connectivity index (χ4v) is 4.93. The van der Waals surface area contributed by atoms with Gasteiger partial charge in [0.25, 0.3) is 0 Å². The average Bonchev–Trinajstić information content (AvgIpc) is 3.22. The zero-order valence-electron chi connectivity index (χ0n) is 12.9. The van der Waals surface area contributed by atoms with Crippen molar-refractivity contribution in [2.45, 2.75) is 37.1 Å². The number of rotatable bonds is 1. The first kappa shape index (κ1) is 12.8. The second-order valence-corrected chi connectivity index (χ2v) is 6.81. The van der Waals surface area contributed by atoms with Crippen LogP contribution >= 0.6 is 0 Å². The molecule has 1 aromatic carbocycles. The molecule has 0 amide bonds. The zero-order chi connectivity index (χ0) is 14.7. The SMILES string of the molecule is COC1=C[C@]23CCCN2CCc2cc4c(cc2[C@@H]3C1)OCO4. The molecule has 0 bridgehead atoms. The highest BCUT2D eigenvalue weighted by Crippen LogP contribution is 2.54. The second kappa shape index (κ2) is 4.42. The van der Waals surface area contributed by atoms with E-state index >= 15 is 0 Å². The summed E-state index contributed by atoms with van der Waals surface area (Å²) >= 11 is 0. The topological polar surface area (TPSA) is 30.9 Å². The van der Waals surface area contributed by atoms with Crippen molar-refractivity contribution in [1.82, 2.24) is 4.90 Å². The van der Waals surface area contributed by atoms with Gasteiger partial charge in [0.05, 0.1) is 12.9 Å². The van der Waals surface area contributed by atoms with Crippen molar-refractivity contribution in [3.8, 4) is 11.5 Å². The van der Waals surface area contributed by atoms with E-state index in [1.54, 1.807) is 7.11 Å². The molecule has 0 unspecified atom stereocenters. The molecule has 1 spiro atoms. The van der Waals surface area contributed by atoms with E-state index in [-0.39, 0.29) is 5.54 Å². The van der Waals surface area contributed by atoms with E-state index in [1.807, 2.05) is 0 Å². The summed E-state index contributed by atoms with van der Waals surface area (Å²) in [6, 6.07) is 4.44. The highest BCUT2D eigenvalue weighted by atomic mass is 16.7. The van der Waals surface area contributed by atoms with Crippen molar-refractivity contribution in [2.75, 3.05) is 27.0 Å². The monoisotopic (exact) mass is 299 g/mol. The van der Waals surface area contributed by atoms with Crippen LogP contribution in [0.1, 0.15) is 36.3 Å². The van der Waals surface area contributed by atoms with Crippen LogP contribution in [0.2, 0.25) is 0 Å². The number of benzene rings is 1. The molecule has 116 valence electrons. The molecule has 4 heteroatoms. The van der Waals surface area contributed by atoms with Gasteiger partial charge in [-0.2, -0.15) is 0 Å². The molecular formula is C18H21NO3. The zero-order valence-corrected chi connectivity index (χ0v) is 12.9. The minimum atomic E-state index is 0.157.